The Hall–Kier alpha value is -2.57. The molecule has 0 saturated carbocycles. The van der Waals surface area contributed by atoms with E-state index < -0.39 is 0 Å². The summed E-state index contributed by atoms with van der Waals surface area (Å²) in [7, 11) is 0. The van der Waals surface area contributed by atoms with E-state index in [1.54, 1.807) is 6.33 Å². The number of thioether (sulfide) groups is 1. The van der Waals surface area contributed by atoms with E-state index in [0.717, 1.165) is 27.8 Å². The predicted octanol–water partition coefficient (Wildman–Crippen LogP) is 5.07. The number of hydrogen-bond acceptors (Lipinski definition) is 4. The minimum absolute atomic E-state index is 0.0654. The maximum atomic E-state index is 13.1. The van der Waals surface area contributed by atoms with Crippen LogP contribution >= 0.6 is 23.4 Å². The summed E-state index contributed by atoms with van der Waals surface area (Å²) in [4.78, 5) is 16.4. The molecule has 0 bridgehead atoms. The van der Waals surface area contributed by atoms with E-state index in [-0.39, 0.29) is 11.0 Å². The molecule has 0 unspecified atom stereocenters. The van der Waals surface area contributed by atoms with Gasteiger partial charge in [-0.2, -0.15) is 0 Å². The number of carbonyl (C=O) groups is 1. The molecule has 0 aliphatic heterocycles. The lowest BCUT2D eigenvalue weighted by Crippen LogP contribution is -2.15. The molecule has 0 spiro atoms. The summed E-state index contributed by atoms with van der Waals surface area (Å²) in [5.74, 6) is 0.0654. The molecule has 0 amide bonds. The van der Waals surface area contributed by atoms with Gasteiger partial charge < -0.3 is 4.98 Å². The number of H-pyrrole nitrogens is 1. The molecule has 2 aromatic carbocycles. The van der Waals surface area contributed by atoms with Gasteiger partial charge in [0.25, 0.3) is 0 Å². The zero-order valence-corrected chi connectivity index (χ0v) is 16.4. The highest BCUT2D eigenvalue weighted by Gasteiger charge is 2.24. The van der Waals surface area contributed by atoms with Gasteiger partial charge in [0, 0.05) is 27.2 Å². The number of aryl methyl sites for hydroxylation is 1. The molecule has 1 atom stereocenters. The Kier molecular flexibility index (Phi) is 4.76. The number of nitrogens with one attached hydrogen (secondary N) is 1. The first kappa shape index (κ1) is 17.8. The Balaban J connectivity index is 1.63. The number of para-hydroxylation sites is 1. The summed E-state index contributed by atoms with van der Waals surface area (Å²) in [5.41, 5.74) is 3.44. The highest BCUT2D eigenvalue weighted by Crippen LogP contribution is 2.30. The van der Waals surface area contributed by atoms with Crippen molar-refractivity contribution in [3.05, 3.63) is 71.1 Å². The molecule has 2 heterocycles. The van der Waals surface area contributed by atoms with Crippen LogP contribution in [0.2, 0.25) is 5.02 Å². The van der Waals surface area contributed by atoms with Gasteiger partial charge in [0.1, 0.15) is 6.33 Å². The second-order valence-corrected chi connectivity index (χ2v) is 8.00. The van der Waals surface area contributed by atoms with Gasteiger partial charge in [-0.25, -0.2) is 0 Å². The van der Waals surface area contributed by atoms with Crippen molar-refractivity contribution in [3.63, 3.8) is 0 Å². The molecule has 0 fully saturated rings. The summed E-state index contributed by atoms with van der Waals surface area (Å²) in [5, 5.41) is 10.1. The van der Waals surface area contributed by atoms with Gasteiger partial charge in [-0.1, -0.05) is 47.6 Å². The molecule has 5 nitrogen and oxygen atoms in total. The highest BCUT2D eigenvalue weighted by atomic mass is 35.5. The van der Waals surface area contributed by atoms with Crippen LogP contribution < -0.4 is 0 Å². The fraction of sp³-hybridized carbons (Fsp3) is 0.150. The molecule has 27 heavy (non-hydrogen) atoms. The van der Waals surface area contributed by atoms with Gasteiger partial charge >= 0.3 is 0 Å². The quantitative estimate of drug-likeness (QED) is 0.377. The first-order chi connectivity index (χ1) is 13.0. The van der Waals surface area contributed by atoms with Crippen LogP contribution in [0.15, 0.2) is 60.0 Å². The van der Waals surface area contributed by atoms with E-state index in [1.165, 1.54) is 11.8 Å². The molecule has 0 saturated heterocycles. The largest absolute Gasteiger partial charge is 0.358 e. The van der Waals surface area contributed by atoms with Crippen LogP contribution in [0.4, 0.5) is 0 Å². The van der Waals surface area contributed by atoms with Crippen molar-refractivity contribution in [1.29, 1.82) is 0 Å². The number of benzene rings is 2. The zero-order chi connectivity index (χ0) is 19.0. The number of halogens is 1. The van der Waals surface area contributed by atoms with E-state index in [1.807, 2.05) is 66.9 Å². The minimum Gasteiger partial charge on any atom is -0.358 e. The Bertz CT molecular complexity index is 1130. The van der Waals surface area contributed by atoms with E-state index in [2.05, 4.69) is 15.2 Å². The fourth-order valence-electron chi connectivity index (χ4n) is 3.12. The average molecular weight is 397 g/mol. The number of aromatic nitrogens is 4. The molecule has 4 rings (SSSR count). The second kappa shape index (κ2) is 7.21. The maximum Gasteiger partial charge on any atom is 0.196 e. The lowest BCUT2D eigenvalue weighted by molar-refractivity contribution is 0.0995. The standard InChI is InChI=1S/C20H17ClN4OS/c1-12-18(16-8-3-4-9-17(16)23-12)19(26)13(2)27-20-24-22-11-25(20)15-7-5-6-14(21)10-15/h3-11,13,23H,1-2H3/t13-/m1/s1. The van der Waals surface area contributed by atoms with Crippen LogP contribution in [0.25, 0.3) is 16.6 Å². The topological polar surface area (TPSA) is 63.6 Å². The molecule has 2 aromatic heterocycles. The van der Waals surface area contributed by atoms with Gasteiger partial charge in [-0.3, -0.25) is 9.36 Å². The number of ketones is 1. The Morgan fingerprint density at radius 3 is 2.85 bits per heavy atom. The number of Topliss-reactive ketones (excluding diaryl/α,β-unsaturated/α-hetero) is 1. The SMILES string of the molecule is Cc1[nH]c2ccccc2c1C(=O)[C@@H](C)Sc1nncn1-c1cccc(Cl)c1. The van der Waals surface area contributed by atoms with Gasteiger partial charge in [-0.05, 0) is 38.1 Å². The molecule has 7 heteroatoms. The monoisotopic (exact) mass is 396 g/mol. The zero-order valence-electron chi connectivity index (χ0n) is 14.8. The number of hydrogen-bond donors (Lipinski definition) is 1. The van der Waals surface area contributed by atoms with E-state index in [4.69, 9.17) is 11.6 Å². The first-order valence-corrected chi connectivity index (χ1v) is 9.74. The lowest BCUT2D eigenvalue weighted by atomic mass is 10.1. The highest BCUT2D eigenvalue weighted by molar-refractivity contribution is 8.00. The molecule has 1 N–H and O–H groups in total. The van der Waals surface area contributed by atoms with Crippen molar-refractivity contribution in [1.82, 2.24) is 19.7 Å². The third kappa shape index (κ3) is 3.38. The Morgan fingerprint density at radius 1 is 1.22 bits per heavy atom. The molecule has 0 aliphatic carbocycles. The van der Waals surface area contributed by atoms with Crippen LogP contribution in [-0.4, -0.2) is 30.8 Å². The maximum absolute atomic E-state index is 13.1. The van der Waals surface area contributed by atoms with Crippen LogP contribution in [0.5, 0.6) is 0 Å². The smallest absolute Gasteiger partial charge is 0.196 e. The van der Waals surface area contributed by atoms with Crippen LogP contribution in [0, 0.1) is 6.92 Å². The molecular formula is C20H17ClN4OS. The van der Waals surface area contributed by atoms with Crippen molar-refractivity contribution >= 4 is 40.0 Å². The number of carbonyl (C=O) groups excluding carboxylic acids is 1. The van der Waals surface area contributed by atoms with E-state index >= 15 is 0 Å². The lowest BCUT2D eigenvalue weighted by Gasteiger charge is -2.11. The van der Waals surface area contributed by atoms with E-state index in [9.17, 15) is 4.79 Å². The normalized spacial score (nSPS) is 12.4. The van der Waals surface area contributed by atoms with Crippen molar-refractivity contribution in [2.75, 3.05) is 0 Å². The summed E-state index contributed by atoms with van der Waals surface area (Å²) < 4.78 is 1.84. The van der Waals surface area contributed by atoms with Gasteiger partial charge in [-0.15, -0.1) is 10.2 Å². The Morgan fingerprint density at radius 2 is 2.04 bits per heavy atom. The summed E-state index contributed by atoms with van der Waals surface area (Å²) >= 11 is 7.48. The van der Waals surface area contributed by atoms with Gasteiger partial charge in [0.2, 0.25) is 0 Å². The van der Waals surface area contributed by atoms with Gasteiger partial charge in [0.05, 0.1) is 10.9 Å². The summed E-state index contributed by atoms with van der Waals surface area (Å²) in [6.45, 7) is 3.82. The van der Waals surface area contributed by atoms with Crippen molar-refractivity contribution < 1.29 is 4.79 Å². The van der Waals surface area contributed by atoms with E-state index in [0.29, 0.717) is 10.2 Å². The van der Waals surface area contributed by atoms with Crippen LogP contribution in [-0.2, 0) is 0 Å². The molecule has 0 radical (unpaired) electrons. The Labute approximate surface area is 165 Å². The molecule has 0 aliphatic rings. The number of fused-ring (bicyclic) bond motifs is 1. The number of aromatic amines is 1. The predicted molar refractivity (Wildman–Crippen MR) is 109 cm³/mol. The second-order valence-electron chi connectivity index (χ2n) is 6.26. The number of nitrogens with zero attached hydrogens (tertiary/aromatic N) is 3. The molecule has 4 aromatic rings. The summed E-state index contributed by atoms with van der Waals surface area (Å²) in [6, 6.07) is 15.3. The van der Waals surface area contributed by atoms with Crippen molar-refractivity contribution in [3.8, 4) is 5.69 Å². The number of rotatable bonds is 5. The van der Waals surface area contributed by atoms with Crippen LogP contribution in [0.3, 0.4) is 0 Å². The first-order valence-electron chi connectivity index (χ1n) is 8.48. The third-order valence-corrected chi connectivity index (χ3v) is 5.69. The van der Waals surface area contributed by atoms with Crippen molar-refractivity contribution in [2.24, 2.45) is 0 Å². The molecule has 136 valence electrons. The fourth-order valence-corrected chi connectivity index (χ4v) is 4.20. The third-order valence-electron chi connectivity index (χ3n) is 4.39. The summed E-state index contributed by atoms with van der Waals surface area (Å²) in [6.07, 6.45) is 1.63. The molecular weight excluding hydrogens is 380 g/mol. The van der Waals surface area contributed by atoms with Gasteiger partial charge in [0.15, 0.2) is 10.9 Å². The minimum atomic E-state index is -0.315. The van der Waals surface area contributed by atoms with Crippen molar-refractivity contribution in [2.45, 2.75) is 24.3 Å². The van der Waals surface area contributed by atoms with Crippen LogP contribution in [0.1, 0.15) is 23.0 Å². The average Bonchev–Trinajstić information content (AvgIpc) is 3.24.